The highest BCUT2D eigenvalue weighted by atomic mass is 16.5. The molecule has 0 saturated heterocycles. The third kappa shape index (κ3) is 3.09. The molecular formula is C13H25N3O2. The molecule has 0 spiro atoms. The van der Waals surface area contributed by atoms with E-state index in [9.17, 15) is 0 Å². The zero-order valence-corrected chi connectivity index (χ0v) is 12.3. The predicted octanol–water partition coefficient (Wildman–Crippen LogP) is 2.78. The highest BCUT2D eigenvalue weighted by molar-refractivity contribution is 5.03. The maximum absolute atomic E-state index is 6.11. The SMILES string of the molecule is CCOC(C)(CC)c1noc([C@@H](N)C(C)(C)C)n1. The number of nitrogens with two attached hydrogens (primary N) is 1. The highest BCUT2D eigenvalue weighted by Gasteiger charge is 2.34. The highest BCUT2D eigenvalue weighted by Crippen LogP contribution is 2.32. The molecule has 0 aromatic carbocycles. The molecule has 0 amide bonds. The molecule has 1 rings (SSSR count). The van der Waals surface area contributed by atoms with Crippen molar-refractivity contribution in [1.82, 2.24) is 10.1 Å². The van der Waals surface area contributed by atoms with Gasteiger partial charge in [-0.1, -0.05) is 32.9 Å². The molecule has 5 nitrogen and oxygen atoms in total. The van der Waals surface area contributed by atoms with Crippen molar-refractivity contribution >= 4 is 0 Å². The Bertz CT molecular complexity index is 384. The van der Waals surface area contributed by atoms with E-state index in [1.54, 1.807) is 0 Å². The Hall–Kier alpha value is -0.940. The molecular weight excluding hydrogens is 230 g/mol. The fourth-order valence-corrected chi connectivity index (χ4v) is 1.59. The van der Waals surface area contributed by atoms with Crippen LogP contribution in [0.2, 0.25) is 0 Å². The summed E-state index contributed by atoms with van der Waals surface area (Å²) in [4.78, 5) is 4.41. The van der Waals surface area contributed by atoms with E-state index in [0.29, 0.717) is 18.3 Å². The first-order valence-electron chi connectivity index (χ1n) is 6.48. The van der Waals surface area contributed by atoms with Gasteiger partial charge in [-0.2, -0.15) is 4.98 Å². The van der Waals surface area contributed by atoms with E-state index in [2.05, 4.69) is 10.1 Å². The van der Waals surface area contributed by atoms with E-state index in [0.717, 1.165) is 6.42 Å². The van der Waals surface area contributed by atoms with E-state index in [4.69, 9.17) is 15.0 Å². The van der Waals surface area contributed by atoms with Crippen LogP contribution < -0.4 is 5.73 Å². The van der Waals surface area contributed by atoms with E-state index in [-0.39, 0.29) is 11.5 Å². The average molecular weight is 255 g/mol. The van der Waals surface area contributed by atoms with Crippen molar-refractivity contribution in [3.63, 3.8) is 0 Å². The van der Waals surface area contributed by atoms with E-state index in [1.165, 1.54) is 0 Å². The topological polar surface area (TPSA) is 74.2 Å². The van der Waals surface area contributed by atoms with Crippen molar-refractivity contribution < 1.29 is 9.26 Å². The predicted molar refractivity (Wildman–Crippen MR) is 70.0 cm³/mol. The molecule has 1 unspecified atom stereocenters. The molecule has 1 aromatic rings. The lowest BCUT2D eigenvalue weighted by Gasteiger charge is -2.25. The minimum Gasteiger partial charge on any atom is -0.367 e. The van der Waals surface area contributed by atoms with Crippen LogP contribution in [0.25, 0.3) is 0 Å². The van der Waals surface area contributed by atoms with Gasteiger partial charge >= 0.3 is 0 Å². The van der Waals surface area contributed by atoms with Gasteiger partial charge in [0, 0.05) is 6.61 Å². The normalized spacial score (nSPS) is 17.5. The van der Waals surface area contributed by atoms with Gasteiger partial charge in [-0.15, -0.1) is 0 Å². The summed E-state index contributed by atoms with van der Waals surface area (Å²) in [5.41, 5.74) is 5.49. The molecule has 0 fully saturated rings. The Balaban J connectivity index is 2.99. The molecule has 0 bridgehead atoms. The zero-order valence-electron chi connectivity index (χ0n) is 12.3. The van der Waals surface area contributed by atoms with Crippen molar-refractivity contribution in [2.45, 2.75) is 59.6 Å². The zero-order chi connectivity index (χ0) is 14.0. The smallest absolute Gasteiger partial charge is 0.244 e. The van der Waals surface area contributed by atoms with Crippen molar-refractivity contribution in [3.8, 4) is 0 Å². The molecule has 2 N–H and O–H groups in total. The Morgan fingerprint density at radius 3 is 2.33 bits per heavy atom. The van der Waals surface area contributed by atoms with Gasteiger partial charge in [-0.25, -0.2) is 0 Å². The summed E-state index contributed by atoms with van der Waals surface area (Å²) in [6.07, 6.45) is 0.782. The van der Waals surface area contributed by atoms with Gasteiger partial charge < -0.3 is 15.0 Å². The number of nitrogens with zero attached hydrogens (tertiary/aromatic N) is 2. The van der Waals surface area contributed by atoms with Crippen LogP contribution in [0.3, 0.4) is 0 Å². The molecule has 0 aliphatic heterocycles. The first-order chi connectivity index (χ1) is 8.24. The van der Waals surface area contributed by atoms with Crippen LogP contribution in [0.4, 0.5) is 0 Å². The summed E-state index contributed by atoms with van der Waals surface area (Å²) in [5.74, 6) is 1.04. The summed E-state index contributed by atoms with van der Waals surface area (Å²) in [7, 11) is 0. The maximum atomic E-state index is 6.11. The number of rotatable bonds is 5. The Morgan fingerprint density at radius 2 is 1.89 bits per heavy atom. The lowest BCUT2D eigenvalue weighted by molar-refractivity contribution is -0.0403. The summed E-state index contributed by atoms with van der Waals surface area (Å²) >= 11 is 0. The van der Waals surface area contributed by atoms with Gasteiger partial charge in [0.2, 0.25) is 11.7 Å². The van der Waals surface area contributed by atoms with Gasteiger partial charge in [0.15, 0.2) is 0 Å². The van der Waals surface area contributed by atoms with Crippen LogP contribution in [0.1, 0.15) is 65.7 Å². The van der Waals surface area contributed by atoms with Crippen molar-refractivity contribution in [3.05, 3.63) is 11.7 Å². The van der Waals surface area contributed by atoms with E-state index in [1.807, 2.05) is 41.5 Å². The number of hydrogen-bond donors (Lipinski definition) is 1. The second kappa shape index (κ2) is 5.36. The van der Waals surface area contributed by atoms with Crippen LogP contribution in [0.15, 0.2) is 4.52 Å². The molecule has 0 radical (unpaired) electrons. The maximum Gasteiger partial charge on any atom is 0.244 e. The first kappa shape index (κ1) is 15.1. The minimum atomic E-state index is -0.506. The Kier molecular flexibility index (Phi) is 4.50. The molecule has 2 atom stereocenters. The summed E-state index contributed by atoms with van der Waals surface area (Å²) in [6, 6.07) is -0.276. The molecule has 1 aromatic heterocycles. The number of hydrogen-bond acceptors (Lipinski definition) is 5. The molecule has 0 saturated carbocycles. The first-order valence-corrected chi connectivity index (χ1v) is 6.48. The van der Waals surface area contributed by atoms with Crippen molar-refractivity contribution in [2.24, 2.45) is 11.1 Å². The quantitative estimate of drug-likeness (QED) is 0.875. The van der Waals surface area contributed by atoms with Gasteiger partial charge in [-0.05, 0) is 25.7 Å². The van der Waals surface area contributed by atoms with E-state index < -0.39 is 5.60 Å². The van der Waals surface area contributed by atoms with Gasteiger partial charge in [0.1, 0.15) is 5.60 Å². The second-order valence-electron chi connectivity index (χ2n) is 5.82. The lowest BCUT2D eigenvalue weighted by Crippen LogP contribution is -2.28. The average Bonchev–Trinajstić information content (AvgIpc) is 2.76. The van der Waals surface area contributed by atoms with Crippen molar-refractivity contribution in [1.29, 1.82) is 0 Å². The third-order valence-corrected chi connectivity index (χ3v) is 3.25. The molecule has 104 valence electrons. The Labute approximate surface area is 109 Å². The van der Waals surface area contributed by atoms with E-state index >= 15 is 0 Å². The van der Waals surface area contributed by atoms with Gasteiger partial charge in [0.05, 0.1) is 6.04 Å². The summed E-state index contributed by atoms with van der Waals surface area (Å²) < 4.78 is 11.0. The van der Waals surface area contributed by atoms with Gasteiger partial charge in [0.25, 0.3) is 0 Å². The summed E-state index contributed by atoms with van der Waals surface area (Å²) in [6.45, 7) is 12.7. The molecule has 1 heterocycles. The van der Waals surface area contributed by atoms with Crippen LogP contribution >= 0.6 is 0 Å². The Morgan fingerprint density at radius 1 is 1.28 bits per heavy atom. The molecule has 18 heavy (non-hydrogen) atoms. The van der Waals surface area contributed by atoms with Crippen LogP contribution in [0, 0.1) is 5.41 Å². The molecule has 0 aliphatic rings. The van der Waals surface area contributed by atoms with Crippen molar-refractivity contribution in [2.75, 3.05) is 6.61 Å². The standard InChI is InChI=1S/C13H25N3O2/c1-7-13(6,17-8-2)11-15-10(18-16-11)9(14)12(3,4)5/h9H,7-8,14H2,1-6H3/t9-,13?/m1/s1. The lowest BCUT2D eigenvalue weighted by atomic mass is 9.87. The van der Waals surface area contributed by atoms with Crippen LogP contribution in [-0.2, 0) is 10.3 Å². The fourth-order valence-electron chi connectivity index (χ4n) is 1.59. The molecule has 5 heteroatoms. The minimum absolute atomic E-state index is 0.113. The van der Waals surface area contributed by atoms with Gasteiger partial charge in [-0.3, -0.25) is 0 Å². The number of ether oxygens (including phenoxy) is 1. The summed E-state index contributed by atoms with van der Waals surface area (Å²) in [5, 5.41) is 4.02. The third-order valence-electron chi connectivity index (χ3n) is 3.25. The van der Waals surface area contributed by atoms with Crippen LogP contribution in [-0.4, -0.2) is 16.7 Å². The largest absolute Gasteiger partial charge is 0.367 e. The van der Waals surface area contributed by atoms with Crippen LogP contribution in [0.5, 0.6) is 0 Å². The number of aromatic nitrogens is 2. The monoisotopic (exact) mass is 255 g/mol. The second-order valence-corrected chi connectivity index (χ2v) is 5.82. The molecule has 0 aliphatic carbocycles. The fraction of sp³-hybridized carbons (Fsp3) is 0.846.